The Morgan fingerprint density at radius 2 is 2.00 bits per heavy atom. The summed E-state index contributed by atoms with van der Waals surface area (Å²) < 4.78 is 10.6. The van der Waals surface area contributed by atoms with Gasteiger partial charge in [0.2, 0.25) is 0 Å². The summed E-state index contributed by atoms with van der Waals surface area (Å²) in [6.07, 6.45) is 0. The number of carbonyl (C=O) groups excluding carboxylic acids is 1. The number of fused-ring (bicyclic) bond motifs is 1. The smallest absolute Gasteiger partial charge is 0.332 e. The molecule has 0 unspecified atom stereocenters. The van der Waals surface area contributed by atoms with Crippen LogP contribution in [-0.2, 0) is 9.63 Å². The van der Waals surface area contributed by atoms with Gasteiger partial charge >= 0.3 is 5.97 Å². The Kier molecular flexibility index (Phi) is 3.63. The first-order chi connectivity index (χ1) is 8.66. The van der Waals surface area contributed by atoms with Crippen molar-refractivity contribution < 1.29 is 29.0 Å². The first-order valence-corrected chi connectivity index (χ1v) is 5.20. The van der Waals surface area contributed by atoms with Crippen molar-refractivity contribution in [3.8, 4) is 11.5 Å². The predicted molar refractivity (Wildman–Crippen MR) is 58.5 cm³/mol. The summed E-state index contributed by atoms with van der Waals surface area (Å²) >= 11 is 0. The number of ether oxygens (including phenoxy) is 2. The quantitative estimate of drug-likeness (QED) is 0.744. The minimum Gasteiger partial charge on any atom is -0.486 e. The van der Waals surface area contributed by atoms with Crippen LogP contribution < -0.4 is 15.0 Å². The third-order valence-electron chi connectivity index (χ3n) is 2.16. The van der Waals surface area contributed by atoms with Gasteiger partial charge in [-0.3, -0.25) is 9.63 Å². The normalized spacial score (nSPS) is 12.9. The highest BCUT2D eigenvalue weighted by atomic mass is 16.7. The lowest BCUT2D eigenvalue weighted by atomic mass is 10.2. The van der Waals surface area contributed by atoms with E-state index in [-0.39, 0.29) is 0 Å². The van der Waals surface area contributed by atoms with Crippen LogP contribution in [0.15, 0.2) is 18.2 Å². The van der Waals surface area contributed by atoms with Crippen molar-refractivity contribution in [3.63, 3.8) is 0 Å². The fourth-order valence-electron chi connectivity index (χ4n) is 1.41. The molecule has 96 valence electrons. The molecule has 0 saturated carbocycles. The highest BCUT2D eigenvalue weighted by molar-refractivity contribution is 5.94. The minimum absolute atomic E-state index is 0.296. The predicted octanol–water partition coefficient (Wildman–Crippen LogP) is 0.204. The molecule has 1 amide bonds. The van der Waals surface area contributed by atoms with Crippen LogP contribution in [0.4, 0.5) is 0 Å². The van der Waals surface area contributed by atoms with Crippen LogP contribution in [-0.4, -0.2) is 36.8 Å². The zero-order valence-electron chi connectivity index (χ0n) is 9.34. The van der Waals surface area contributed by atoms with Gasteiger partial charge in [-0.15, -0.1) is 0 Å². The van der Waals surface area contributed by atoms with Crippen molar-refractivity contribution in [1.82, 2.24) is 5.48 Å². The summed E-state index contributed by atoms with van der Waals surface area (Å²) in [5.41, 5.74) is 2.32. The molecule has 2 rings (SSSR count). The molecule has 0 saturated heterocycles. The zero-order valence-corrected chi connectivity index (χ0v) is 9.34. The molecular formula is C11H11NO6. The van der Waals surface area contributed by atoms with E-state index < -0.39 is 18.5 Å². The molecule has 1 aromatic rings. The van der Waals surface area contributed by atoms with Crippen LogP contribution >= 0.6 is 0 Å². The van der Waals surface area contributed by atoms with Crippen molar-refractivity contribution >= 4 is 11.9 Å². The fourth-order valence-corrected chi connectivity index (χ4v) is 1.41. The van der Waals surface area contributed by atoms with E-state index in [1.807, 2.05) is 5.48 Å². The molecule has 1 heterocycles. The number of aliphatic carboxylic acids is 1. The second kappa shape index (κ2) is 5.37. The molecule has 0 aromatic heterocycles. The maximum Gasteiger partial charge on any atom is 0.332 e. The number of carboxylic acids is 1. The lowest BCUT2D eigenvalue weighted by Crippen LogP contribution is -2.26. The Bertz CT molecular complexity index is 473. The van der Waals surface area contributed by atoms with E-state index in [1.165, 1.54) is 12.1 Å². The Morgan fingerprint density at radius 3 is 2.72 bits per heavy atom. The van der Waals surface area contributed by atoms with Gasteiger partial charge in [0, 0.05) is 5.56 Å². The average molecular weight is 253 g/mol. The minimum atomic E-state index is -1.17. The summed E-state index contributed by atoms with van der Waals surface area (Å²) in [5.74, 6) is -0.665. The average Bonchev–Trinajstić information content (AvgIpc) is 2.37. The molecule has 7 nitrogen and oxygen atoms in total. The molecule has 1 aliphatic rings. The number of benzene rings is 1. The van der Waals surface area contributed by atoms with E-state index >= 15 is 0 Å². The van der Waals surface area contributed by atoms with E-state index in [2.05, 4.69) is 4.84 Å². The van der Waals surface area contributed by atoms with Gasteiger partial charge in [-0.25, -0.2) is 10.3 Å². The molecule has 0 radical (unpaired) electrons. The van der Waals surface area contributed by atoms with Crippen molar-refractivity contribution in [3.05, 3.63) is 23.8 Å². The first kappa shape index (κ1) is 12.2. The molecule has 2 N–H and O–H groups in total. The summed E-state index contributed by atoms with van der Waals surface area (Å²) in [6, 6.07) is 4.65. The Morgan fingerprint density at radius 1 is 1.28 bits per heavy atom. The van der Waals surface area contributed by atoms with Crippen LogP contribution in [0.5, 0.6) is 11.5 Å². The lowest BCUT2D eigenvalue weighted by Gasteiger charge is -2.18. The first-order valence-electron chi connectivity index (χ1n) is 5.20. The highest BCUT2D eigenvalue weighted by Gasteiger charge is 2.15. The number of nitrogens with one attached hydrogen (secondary N) is 1. The maximum absolute atomic E-state index is 11.6. The molecule has 0 spiro atoms. The van der Waals surface area contributed by atoms with Crippen LogP contribution in [0.2, 0.25) is 0 Å². The molecule has 1 aliphatic heterocycles. The summed E-state index contributed by atoms with van der Waals surface area (Å²) in [4.78, 5) is 26.3. The van der Waals surface area contributed by atoms with Crippen LogP contribution in [0.1, 0.15) is 10.4 Å². The number of rotatable bonds is 4. The Labute approximate surface area is 102 Å². The molecular weight excluding hydrogens is 242 g/mol. The molecule has 0 fully saturated rings. The van der Waals surface area contributed by atoms with Gasteiger partial charge in [-0.1, -0.05) is 0 Å². The SMILES string of the molecule is O=C(O)CONC(=O)c1ccc2c(c1)OCCO2. The standard InChI is InChI=1S/C11H11NO6/c13-10(14)6-18-12-11(15)7-1-2-8-9(5-7)17-4-3-16-8/h1-2,5H,3-4,6H2,(H,12,15)(H,13,14). The topological polar surface area (TPSA) is 94.1 Å². The highest BCUT2D eigenvalue weighted by Crippen LogP contribution is 2.30. The number of carboxylic acid groups (broad SMARTS) is 1. The zero-order chi connectivity index (χ0) is 13.0. The van der Waals surface area contributed by atoms with E-state index in [1.54, 1.807) is 6.07 Å². The van der Waals surface area contributed by atoms with Gasteiger partial charge in [-0.05, 0) is 18.2 Å². The largest absolute Gasteiger partial charge is 0.486 e. The number of carbonyl (C=O) groups is 2. The second-order valence-corrected chi connectivity index (χ2v) is 3.47. The number of hydroxylamine groups is 1. The van der Waals surface area contributed by atoms with Gasteiger partial charge in [0.1, 0.15) is 13.2 Å². The van der Waals surface area contributed by atoms with Crippen molar-refractivity contribution in [2.24, 2.45) is 0 Å². The van der Waals surface area contributed by atoms with Gasteiger partial charge in [0.05, 0.1) is 0 Å². The van der Waals surface area contributed by atoms with E-state index in [9.17, 15) is 9.59 Å². The molecule has 0 aliphatic carbocycles. The summed E-state index contributed by atoms with van der Waals surface area (Å²) in [6.45, 7) is 0.296. The van der Waals surface area contributed by atoms with E-state index in [4.69, 9.17) is 14.6 Å². The fraction of sp³-hybridized carbons (Fsp3) is 0.273. The Hall–Kier alpha value is -2.28. The lowest BCUT2D eigenvalue weighted by molar-refractivity contribution is -0.144. The molecule has 7 heteroatoms. The van der Waals surface area contributed by atoms with Crippen molar-refractivity contribution in [1.29, 1.82) is 0 Å². The van der Waals surface area contributed by atoms with Crippen molar-refractivity contribution in [2.75, 3.05) is 19.8 Å². The summed E-state index contributed by atoms with van der Waals surface area (Å²) in [5, 5.41) is 8.34. The third kappa shape index (κ3) is 2.89. The molecule has 0 atom stereocenters. The monoisotopic (exact) mass is 253 g/mol. The van der Waals surface area contributed by atoms with E-state index in [0.717, 1.165) is 0 Å². The molecule has 1 aromatic carbocycles. The van der Waals surface area contributed by atoms with Gasteiger partial charge in [-0.2, -0.15) is 0 Å². The maximum atomic E-state index is 11.6. The number of amides is 1. The van der Waals surface area contributed by atoms with Gasteiger partial charge in [0.15, 0.2) is 18.1 Å². The van der Waals surface area contributed by atoms with Gasteiger partial charge < -0.3 is 14.6 Å². The van der Waals surface area contributed by atoms with E-state index in [0.29, 0.717) is 30.3 Å². The molecule has 0 bridgehead atoms. The van der Waals surface area contributed by atoms with Gasteiger partial charge in [0.25, 0.3) is 5.91 Å². The Balaban J connectivity index is 2.00. The van der Waals surface area contributed by atoms with Crippen LogP contribution in [0.25, 0.3) is 0 Å². The third-order valence-corrected chi connectivity index (χ3v) is 2.16. The van der Waals surface area contributed by atoms with Crippen LogP contribution in [0, 0.1) is 0 Å². The molecule has 18 heavy (non-hydrogen) atoms. The van der Waals surface area contributed by atoms with Crippen molar-refractivity contribution in [2.45, 2.75) is 0 Å². The summed E-state index contributed by atoms with van der Waals surface area (Å²) in [7, 11) is 0. The second-order valence-electron chi connectivity index (χ2n) is 3.47. The van der Waals surface area contributed by atoms with Crippen LogP contribution in [0.3, 0.4) is 0 Å². The number of hydrogen-bond donors (Lipinski definition) is 2. The number of hydrogen-bond acceptors (Lipinski definition) is 5.